The third kappa shape index (κ3) is 8.17. The number of ether oxygens (including phenoxy) is 1. The van der Waals surface area contributed by atoms with Crippen LogP contribution in [0.4, 0.5) is 0 Å². The SMILES string of the molecule is COC(O)CC(C)N.Cl. The molecule has 0 bridgehead atoms. The van der Waals surface area contributed by atoms with Crippen molar-refractivity contribution in [2.75, 3.05) is 7.11 Å². The van der Waals surface area contributed by atoms with Crippen molar-refractivity contribution in [2.24, 2.45) is 5.73 Å². The standard InChI is InChI=1S/C5H13NO2.ClH/c1-4(6)3-5(7)8-2;/h4-5,7H,3,6H2,1-2H3;1H. The first-order valence-corrected chi connectivity index (χ1v) is 2.63. The maximum atomic E-state index is 8.73. The molecule has 0 aliphatic rings. The van der Waals surface area contributed by atoms with E-state index in [2.05, 4.69) is 4.74 Å². The smallest absolute Gasteiger partial charge is 0.155 e. The maximum absolute atomic E-state index is 8.73. The lowest BCUT2D eigenvalue weighted by Gasteiger charge is -2.09. The van der Waals surface area contributed by atoms with Crippen LogP contribution < -0.4 is 5.73 Å². The van der Waals surface area contributed by atoms with Crippen molar-refractivity contribution in [1.29, 1.82) is 0 Å². The Bertz CT molecular complexity index is 60.9. The predicted molar refractivity (Wildman–Crippen MR) is 38.5 cm³/mol. The second-order valence-corrected chi connectivity index (χ2v) is 1.90. The number of aliphatic hydroxyl groups is 1. The monoisotopic (exact) mass is 155 g/mol. The topological polar surface area (TPSA) is 55.5 Å². The van der Waals surface area contributed by atoms with Gasteiger partial charge < -0.3 is 15.6 Å². The van der Waals surface area contributed by atoms with Crippen LogP contribution in [0.1, 0.15) is 13.3 Å². The van der Waals surface area contributed by atoms with Gasteiger partial charge in [0.15, 0.2) is 6.29 Å². The van der Waals surface area contributed by atoms with Gasteiger partial charge in [-0.2, -0.15) is 0 Å². The molecule has 0 aliphatic heterocycles. The summed E-state index contributed by atoms with van der Waals surface area (Å²) >= 11 is 0. The number of hydrogen-bond acceptors (Lipinski definition) is 3. The van der Waals surface area contributed by atoms with Crippen LogP contribution in [0.3, 0.4) is 0 Å². The number of aliphatic hydroxyl groups excluding tert-OH is 1. The second kappa shape index (κ2) is 6.29. The Kier molecular flexibility index (Phi) is 8.32. The molecule has 0 radical (unpaired) electrons. The van der Waals surface area contributed by atoms with Gasteiger partial charge >= 0.3 is 0 Å². The van der Waals surface area contributed by atoms with Crippen molar-refractivity contribution in [2.45, 2.75) is 25.7 Å². The summed E-state index contributed by atoms with van der Waals surface area (Å²) < 4.78 is 4.54. The first-order chi connectivity index (χ1) is 3.66. The number of methoxy groups -OCH3 is 1. The molecule has 0 spiro atoms. The first-order valence-electron chi connectivity index (χ1n) is 2.63. The summed E-state index contributed by atoms with van der Waals surface area (Å²) in [6.45, 7) is 1.82. The minimum Gasteiger partial charge on any atom is -0.368 e. The summed E-state index contributed by atoms with van der Waals surface area (Å²) in [6, 6.07) is 0.00458. The largest absolute Gasteiger partial charge is 0.368 e. The van der Waals surface area contributed by atoms with Crippen molar-refractivity contribution in [3.63, 3.8) is 0 Å². The van der Waals surface area contributed by atoms with Crippen molar-refractivity contribution in [1.82, 2.24) is 0 Å². The van der Waals surface area contributed by atoms with Gasteiger partial charge in [0.25, 0.3) is 0 Å². The van der Waals surface area contributed by atoms with Gasteiger partial charge in [-0.1, -0.05) is 0 Å². The van der Waals surface area contributed by atoms with Crippen LogP contribution in [0.15, 0.2) is 0 Å². The molecule has 2 unspecified atom stereocenters. The molecule has 2 atom stereocenters. The van der Waals surface area contributed by atoms with Gasteiger partial charge in [0.1, 0.15) is 0 Å². The van der Waals surface area contributed by atoms with Crippen LogP contribution in [-0.4, -0.2) is 24.5 Å². The third-order valence-corrected chi connectivity index (χ3v) is 0.845. The number of rotatable bonds is 3. The van der Waals surface area contributed by atoms with Gasteiger partial charge in [0.2, 0.25) is 0 Å². The van der Waals surface area contributed by atoms with E-state index in [1.165, 1.54) is 7.11 Å². The van der Waals surface area contributed by atoms with Gasteiger partial charge in [-0.15, -0.1) is 12.4 Å². The molecule has 0 aromatic heterocycles. The molecule has 0 aromatic rings. The Morgan fingerprint density at radius 3 is 2.22 bits per heavy atom. The van der Waals surface area contributed by atoms with Crippen LogP contribution >= 0.6 is 12.4 Å². The van der Waals surface area contributed by atoms with Crippen molar-refractivity contribution in [3.8, 4) is 0 Å². The molecule has 9 heavy (non-hydrogen) atoms. The first kappa shape index (κ1) is 11.9. The van der Waals surface area contributed by atoms with Gasteiger partial charge in [-0.05, 0) is 6.92 Å². The maximum Gasteiger partial charge on any atom is 0.155 e. The Labute approximate surface area is 61.6 Å². The molecule has 0 amide bonds. The van der Waals surface area contributed by atoms with Crippen LogP contribution in [0, 0.1) is 0 Å². The molecule has 0 rings (SSSR count). The molecule has 4 heteroatoms. The molecule has 0 aromatic carbocycles. The minimum atomic E-state index is -0.699. The van der Waals surface area contributed by atoms with Gasteiger partial charge in [0, 0.05) is 19.6 Å². The molecule has 3 N–H and O–H groups in total. The van der Waals surface area contributed by atoms with E-state index in [0.29, 0.717) is 6.42 Å². The summed E-state index contributed by atoms with van der Waals surface area (Å²) in [5, 5.41) is 8.73. The highest BCUT2D eigenvalue weighted by molar-refractivity contribution is 5.85. The molecule has 0 heterocycles. The van der Waals surface area contributed by atoms with Gasteiger partial charge in [-0.25, -0.2) is 0 Å². The van der Waals surface area contributed by atoms with E-state index in [9.17, 15) is 0 Å². The summed E-state index contributed by atoms with van der Waals surface area (Å²) in [7, 11) is 1.45. The van der Waals surface area contributed by atoms with Crippen LogP contribution in [-0.2, 0) is 4.74 Å². The van der Waals surface area contributed by atoms with Crippen LogP contribution in [0.2, 0.25) is 0 Å². The lowest BCUT2D eigenvalue weighted by Crippen LogP contribution is -2.23. The average molecular weight is 156 g/mol. The Morgan fingerprint density at radius 2 is 2.11 bits per heavy atom. The molecule has 3 nitrogen and oxygen atoms in total. The number of hydrogen-bond donors (Lipinski definition) is 2. The molecule has 0 saturated carbocycles. The normalized spacial score (nSPS) is 16.0. The van der Waals surface area contributed by atoms with Gasteiger partial charge in [-0.3, -0.25) is 0 Å². The second-order valence-electron chi connectivity index (χ2n) is 1.90. The summed E-state index contributed by atoms with van der Waals surface area (Å²) in [5.41, 5.74) is 5.33. The fraction of sp³-hybridized carbons (Fsp3) is 1.00. The fourth-order valence-corrected chi connectivity index (χ4v) is 0.414. The zero-order valence-electron chi connectivity index (χ0n) is 5.70. The summed E-state index contributed by atoms with van der Waals surface area (Å²) in [6.07, 6.45) is -0.203. The molecule has 0 aliphatic carbocycles. The van der Waals surface area contributed by atoms with E-state index in [1.54, 1.807) is 0 Å². The molecular weight excluding hydrogens is 142 g/mol. The van der Waals surface area contributed by atoms with E-state index in [1.807, 2.05) is 6.92 Å². The quantitative estimate of drug-likeness (QED) is 0.569. The van der Waals surface area contributed by atoms with Gasteiger partial charge in [0.05, 0.1) is 0 Å². The Balaban J connectivity index is 0. The highest BCUT2D eigenvalue weighted by atomic mass is 35.5. The lowest BCUT2D eigenvalue weighted by molar-refractivity contribution is -0.0806. The van der Waals surface area contributed by atoms with E-state index < -0.39 is 6.29 Å². The molecular formula is C5H14ClNO2. The summed E-state index contributed by atoms with van der Waals surface area (Å²) in [4.78, 5) is 0. The lowest BCUT2D eigenvalue weighted by atomic mass is 10.2. The zero-order chi connectivity index (χ0) is 6.57. The highest BCUT2D eigenvalue weighted by Crippen LogP contribution is 1.93. The Morgan fingerprint density at radius 1 is 1.67 bits per heavy atom. The van der Waals surface area contributed by atoms with Crippen molar-refractivity contribution >= 4 is 12.4 Å². The van der Waals surface area contributed by atoms with Crippen molar-refractivity contribution < 1.29 is 9.84 Å². The predicted octanol–water partition coefficient (Wildman–Crippen LogP) is 0.110. The molecule has 0 fully saturated rings. The fourth-order valence-electron chi connectivity index (χ4n) is 0.414. The third-order valence-electron chi connectivity index (χ3n) is 0.845. The number of nitrogens with two attached hydrogens (primary N) is 1. The van der Waals surface area contributed by atoms with E-state index in [-0.39, 0.29) is 18.4 Å². The van der Waals surface area contributed by atoms with E-state index >= 15 is 0 Å². The summed E-state index contributed by atoms with van der Waals surface area (Å²) in [5.74, 6) is 0. The van der Waals surface area contributed by atoms with E-state index in [4.69, 9.17) is 10.8 Å². The van der Waals surface area contributed by atoms with Crippen LogP contribution in [0.5, 0.6) is 0 Å². The highest BCUT2D eigenvalue weighted by Gasteiger charge is 2.02. The van der Waals surface area contributed by atoms with Crippen LogP contribution in [0.25, 0.3) is 0 Å². The van der Waals surface area contributed by atoms with Crippen molar-refractivity contribution in [3.05, 3.63) is 0 Å². The van der Waals surface area contributed by atoms with E-state index in [0.717, 1.165) is 0 Å². The average Bonchev–Trinajstić information content (AvgIpc) is 1.65. The molecule has 0 saturated heterocycles. The minimum absolute atomic E-state index is 0. The number of halogens is 1. The zero-order valence-corrected chi connectivity index (χ0v) is 6.52. The molecule has 58 valence electrons. The Hall–Kier alpha value is 0.170.